The van der Waals surface area contributed by atoms with Crippen LogP contribution in [0.1, 0.15) is 22.0 Å². The molecule has 1 aromatic carbocycles. The van der Waals surface area contributed by atoms with Gasteiger partial charge in [-0.1, -0.05) is 0 Å². The van der Waals surface area contributed by atoms with Gasteiger partial charge in [0.15, 0.2) is 11.5 Å². The highest BCUT2D eigenvalue weighted by atomic mass is 32.1. The first kappa shape index (κ1) is 14.8. The Bertz CT molecular complexity index is 697. The second kappa shape index (κ2) is 6.36. The SMILES string of the molecule is Cc1nc(C)c(CCC(=O)Nc2ccc3c(c2)OCCO3)s1. The molecule has 6 heteroatoms. The summed E-state index contributed by atoms with van der Waals surface area (Å²) in [4.78, 5) is 17.6. The maximum atomic E-state index is 12.1. The molecular weight excluding hydrogens is 300 g/mol. The Hall–Kier alpha value is -2.08. The van der Waals surface area contributed by atoms with E-state index in [1.807, 2.05) is 26.0 Å². The molecule has 116 valence electrons. The van der Waals surface area contributed by atoms with Gasteiger partial charge in [-0.05, 0) is 32.4 Å². The van der Waals surface area contributed by atoms with Crippen LogP contribution < -0.4 is 14.8 Å². The Morgan fingerprint density at radius 1 is 1.27 bits per heavy atom. The van der Waals surface area contributed by atoms with Gasteiger partial charge in [0.05, 0.1) is 10.7 Å². The molecule has 0 radical (unpaired) electrons. The molecule has 2 aromatic rings. The van der Waals surface area contributed by atoms with Crippen LogP contribution in [0.15, 0.2) is 18.2 Å². The van der Waals surface area contributed by atoms with E-state index in [1.165, 1.54) is 4.88 Å². The largest absolute Gasteiger partial charge is 0.486 e. The quantitative estimate of drug-likeness (QED) is 0.941. The number of hydrogen-bond acceptors (Lipinski definition) is 5. The van der Waals surface area contributed by atoms with Crippen LogP contribution >= 0.6 is 11.3 Å². The van der Waals surface area contributed by atoms with Crippen molar-refractivity contribution in [3.05, 3.63) is 33.8 Å². The molecular formula is C16H18N2O3S. The minimum atomic E-state index is -0.0119. The lowest BCUT2D eigenvalue weighted by Crippen LogP contribution is -2.16. The van der Waals surface area contributed by atoms with Crippen LogP contribution in [0.25, 0.3) is 0 Å². The minimum Gasteiger partial charge on any atom is -0.486 e. The predicted molar refractivity (Wildman–Crippen MR) is 86.0 cm³/mol. The van der Waals surface area contributed by atoms with E-state index in [0.29, 0.717) is 31.8 Å². The first-order valence-corrected chi connectivity index (χ1v) is 8.06. The molecule has 0 atom stereocenters. The third-order valence-electron chi connectivity index (χ3n) is 3.40. The minimum absolute atomic E-state index is 0.0119. The van der Waals surface area contributed by atoms with Crippen molar-refractivity contribution in [2.45, 2.75) is 26.7 Å². The lowest BCUT2D eigenvalue weighted by Gasteiger charge is -2.19. The van der Waals surface area contributed by atoms with E-state index < -0.39 is 0 Å². The number of benzene rings is 1. The summed E-state index contributed by atoms with van der Waals surface area (Å²) in [5.41, 5.74) is 1.75. The number of amides is 1. The molecule has 1 amide bonds. The second-order valence-corrected chi connectivity index (χ2v) is 6.44. The van der Waals surface area contributed by atoms with Crippen molar-refractivity contribution in [2.24, 2.45) is 0 Å². The van der Waals surface area contributed by atoms with Gasteiger partial charge in [-0.25, -0.2) is 4.98 Å². The summed E-state index contributed by atoms with van der Waals surface area (Å²) < 4.78 is 11.0. The molecule has 0 fully saturated rings. The van der Waals surface area contributed by atoms with E-state index in [9.17, 15) is 4.79 Å². The summed E-state index contributed by atoms with van der Waals surface area (Å²) in [7, 11) is 0. The maximum Gasteiger partial charge on any atom is 0.224 e. The number of nitrogens with zero attached hydrogens (tertiary/aromatic N) is 1. The number of rotatable bonds is 4. The fourth-order valence-corrected chi connectivity index (χ4v) is 3.31. The Balaban J connectivity index is 1.58. The highest BCUT2D eigenvalue weighted by molar-refractivity contribution is 7.11. The second-order valence-electron chi connectivity index (χ2n) is 5.15. The molecule has 0 bridgehead atoms. The van der Waals surface area contributed by atoms with Crippen molar-refractivity contribution in [3.63, 3.8) is 0 Å². The van der Waals surface area contributed by atoms with Crippen molar-refractivity contribution in [1.82, 2.24) is 4.98 Å². The normalized spacial score (nSPS) is 13.0. The molecule has 0 saturated carbocycles. The zero-order chi connectivity index (χ0) is 15.5. The molecule has 22 heavy (non-hydrogen) atoms. The van der Waals surface area contributed by atoms with E-state index in [1.54, 1.807) is 17.4 Å². The molecule has 0 unspecified atom stereocenters. The van der Waals surface area contributed by atoms with Gasteiger partial charge in [0.2, 0.25) is 5.91 Å². The van der Waals surface area contributed by atoms with E-state index in [4.69, 9.17) is 9.47 Å². The van der Waals surface area contributed by atoms with Crippen LogP contribution in [-0.2, 0) is 11.2 Å². The van der Waals surface area contributed by atoms with E-state index in [0.717, 1.165) is 22.1 Å². The standard InChI is InChI=1S/C16H18N2O3S/c1-10-15(22-11(2)17-10)5-6-16(19)18-12-3-4-13-14(9-12)21-8-7-20-13/h3-4,9H,5-8H2,1-2H3,(H,18,19). The summed E-state index contributed by atoms with van der Waals surface area (Å²) in [6.45, 7) is 5.06. The van der Waals surface area contributed by atoms with E-state index >= 15 is 0 Å². The van der Waals surface area contributed by atoms with Crippen LogP contribution in [0.2, 0.25) is 0 Å². The number of ether oxygens (including phenoxy) is 2. The molecule has 2 heterocycles. The maximum absolute atomic E-state index is 12.1. The number of aromatic nitrogens is 1. The lowest BCUT2D eigenvalue weighted by molar-refractivity contribution is -0.116. The monoisotopic (exact) mass is 318 g/mol. The topological polar surface area (TPSA) is 60.5 Å². The number of anilines is 1. The number of carbonyl (C=O) groups excluding carboxylic acids is 1. The number of hydrogen-bond donors (Lipinski definition) is 1. The van der Waals surface area contributed by atoms with Crippen molar-refractivity contribution in [2.75, 3.05) is 18.5 Å². The highest BCUT2D eigenvalue weighted by Crippen LogP contribution is 2.32. The highest BCUT2D eigenvalue weighted by Gasteiger charge is 2.13. The van der Waals surface area contributed by atoms with Crippen LogP contribution in [0.4, 0.5) is 5.69 Å². The van der Waals surface area contributed by atoms with Gasteiger partial charge >= 0.3 is 0 Å². The number of nitrogens with one attached hydrogen (secondary N) is 1. The summed E-state index contributed by atoms with van der Waals surface area (Å²) in [5.74, 6) is 1.39. The zero-order valence-electron chi connectivity index (χ0n) is 12.6. The number of carbonyl (C=O) groups is 1. The third kappa shape index (κ3) is 3.39. The van der Waals surface area contributed by atoms with E-state index in [2.05, 4.69) is 10.3 Å². The van der Waals surface area contributed by atoms with Crippen LogP contribution in [0, 0.1) is 13.8 Å². The molecule has 1 N–H and O–H groups in total. The molecule has 1 aromatic heterocycles. The van der Waals surface area contributed by atoms with Crippen molar-refractivity contribution >= 4 is 22.9 Å². The Labute approximate surface area is 133 Å². The Morgan fingerprint density at radius 2 is 2.05 bits per heavy atom. The smallest absolute Gasteiger partial charge is 0.224 e. The average Bonchev–Trinajstić information content (AvgIpc) is 2.83. The fraction of sp³-hybridized carbons (Fsp3) is 0.375. The van der Waals surface area contributed by atoms with Gasteiger partial charge in [-0.15, -0.1) is 11.3 Å². The zero-order valence-corrected chi connectivity index (χ0v) is 13.5. The van der Waals surface area contributed by atoms with Gasteiger partial charge in [-0.3, -0.25) is 4.79 Å². The molecule has 3 rings (SSSR count). The van der Waals surface area contributed by atoms with Gasteiger partial charge in [0, 0.05) is 23.1 Å². The summed E-state index contributed by atoms with van der Waals surface area (Å²) in [6, 6.07) is 5.45. The summed E-state index contributed by atoms with van der Waals surface area (Å²) in [6.07, 6.45) is 1.16. The average molecular weight is 318 g/mol. The molecule has 0 saturated heterocycles. The van der Waals surface area contributed by atoms with Gasteiger partial charge in [-0.2, -0.15) is 0 Å². The number of fused-ring (bicyclic) bond motifs is 1. The van der Waals surface area contributed by atoms with Crippen molar-refractivity contribution in [1.29, 1.82) is 0 Å². The number of thiazole rings is 1. The molecule has 1 aliphatic rings. The first-order valence-electron chi connectivity index (χ1n) is 7.24. The Morgan fingerprint density at radius 3 is 2.77 bits per heavy atom. The molecule has 0 spiro atoms. The summed E-state index contributed by atoms with van der Waals surface area (Å²) >= 11 is 1.65. The molecule has 5 nitrogen and oxygen atoms in total. The van der Waals surface area contributed by atoms with Crippen LogP contribution in [0.5, 0.6) is 11.5 Å². The van der Waals surface area contributed by atoms with Crippen LogP contribution in [-0.4, -0.2) is 24.1 Å². The Kier molecular flexibility index (Phi) is 4.29. The molecule has 0 aliphatic carbocycles. The van der Waals surface area contributed by atoms with Crippen molar-refractivity contribution in [3.8, 4) is 11.5 Å². The van der Waals surface area contributed by atoms with Gasteiger partial charge in [0.25, 0.3) is 0 Å². The summed E-state index contributed by atoms with van der Waals surface area (Å²) in [5, 5.41) is 3.94. The third-order valence-corrected chi connectivity index (χ3v) is 4.54. The van der Waals surface area contributed by atoms with Gasteiger partial charge < -0.3 is 14.8 Å². The predicted octanol–water partition coefficient (Wildman–Crippen LogP) is 3.10. The van der Waals surface area contributed by atoms with Crippen molar-refractivity contribution < 1.29 is 14.3 Å². The fourth-order valence-electron chi connectivity index (χ4n) is 2.38. The van der Waals surface area contributed by atoms with Crippen LogP contribution in [0.3, 0.4) is 0 Å². The number of aryl methyl sites for hydroxylation is 3. The first-order chi connectivity index (χ1) is 10.6. The van der Waals surface area contributed by atoms with E-state index in [-0.39, 0.29) is 5.91 Å². The van der Waals surface area contributed by atoms with Gasteiger partial charge in [0.1, 0.15) is 13.2 Å². The molecule has 1 aliphatic heterocycles. The lowest BCUT2D eigenvalue weighted by atomic mass is 10.2.